The van der Waals surface area contributed by atoms with E-state index in [-0.39, 0.29) is 11.6 Å². The zero-order valence-corrected chi connectivity index (χ0v) is 15.6. The fourth-order valence-corrected chi connectivity index (χ4v) is 3.86. The summed E-state index contributed by atoms with van der Waals surface area (Å²) in [6.07, 6.45) is 0. The minimum atomic E-state index is -0.432. The molecule has 1 aliphatic rings. The van der Waals surface area contributed by atoms with E-state index >= 15 is 0 Å². The summed E-state index contributed by atoms with van der Waals surface area (Å²) in [5, 5.41) is 11.4. The molecule has 1 amide bonds. The number of non-ortho nitro benzene ring substituents is 1. The van der Waals surface area contributed by atoms with Crippen LogP contribution in [-0.4, -0.2) is 47.7 Å². The molecule has 0 aliphatic carbocycles. The van der Waals surface area contributed by atoms with Gasteiger partial charge in [-0.15, -0.1) is 11.8 Å². The van der Waals surface area contributed by atoms with Crippen LogP contribution in [0.1, 0.15) is 0 Å². The molecule has 0 bridgehead atoms. The predicted octanol–water partition coefficient (Wildman–Crippen LogP) is 3.69. The van der Waals surface area contributed by atoms with E-state index in [0.717, 1.165) is 28.7 Å². The van der Waals surface area contributed by atoms with Crippen LogP contribution in [0, 0.1) is 10.1 Å². The van der Waals surface area contributed by atoms with Crippen molar-refractivity contribution in [2.75, 3.05) is 36.8 Å². The maximum Gasteiger partial charge on any atom is 0.269 e. The van der Waals surface area contributed by atoms with Crippen molar-refractivity contribution in [3.63, 3.8) is 0 Å². The number of hydrogen-bond acceptors (Lipinski definition) is 5. The van der Waals surface area contributed by atoms with Gasteiger partial charge in [0, 0.05) is 43.2 Å². The highest BCUT2D eigenvalue weighted by molar-refractivity contribution is 8.00. The van der Waals surface area contributed by atoms with Crippen molar-refractivity contribution in [3.05, 3.63) is 63.7 Å². The van der Waals surface area contributed by atoms with Gasteiger partial charge in [-0.2, -0.15) is 0 Å². The average molecular weight is 392 g/mol. The normalized spacial score (nSPS) is 14.3. The molecule has 0 unspecified atom stereocenters. The lowest BCUT2D eigenvalue weighted by molar-refractivity contribution is -0.384. The number of hydrogen-bond donors (Lipinski definition) is 0. The third-order valence-electron chi connectivity index (χ3n) is 4.24. The smallest absolute Gasteiger partial charge is 0.269 e. The standard InChI is InChI=1S/C18H18ClN3O3S/c19-16-3-1-2-4-17(16)20-9-11-21(12-10-20)18(23)13-26-15-7-5-14(6-8-15)22(24)25/h1-8H,9-13H2. The first-order valence-electron chi connectivity index (χ1n) is 8.19. The highest BCUT2D eigenvalue weighted by Gasteiger charge is 2.22. The van der Waals surface area contributed by atoms with E-state index in [2.05, 4.69) is 4.90 Å². The largest absolute Gasteiger partial charge is 0.367 e. The highest BCUT2D eigenvalue weighted by Crippen LogP contribution is 2.26. The van der Waals surface area contributed by atoms with Crippen molar-refractivity contribution in [1.82, 2.24) is 4.90 Å². The number of amides is 1. The Bertz CT molecular complexity index is 793. The number of para-hydroxylation sites is 1. The van der Waals surface area contributed by atoms with E-state index in [1.807, 2.05) is 29.2 Å². The highest BCUT2D eigenvalue weighted by atomic mass is 35.5. The van der Waals surface area contributed by atoms with E-state index in [4.69, 9.17) is 11.6 Å². The van der Waals surface area contributed by atoms with Gasteiger partial charge in [0.25, 0.3) is 5.69 Å². The van der Waals surface area contributed by atoms with Crippen LogP contribution in [0.2, 0.25) is 5.02 Å². The summed E-state index contributed by atoms with van der Waals surface area (Å²) in [4.78, 5) is 27.5. The minimum absolute atomic E-state index is 0.0522. The van der Waals surface area contributed by atoms with Crippen molar-refractivity contribution in [1.29, 1.82) is 0 Å². The Kier molecular flexibility index (Phi) is 6.00. The summed E-state index contributed by atoms with van der Waals surface area (Å²) >= 11 is 7.63. The van der Waals surface area contributed by atoms with Gasteiger partial charge in [0.2, 0.25) is 5.91 Å². The molecule has 0 N–H and O–H groups in total. The molecule has 0 spiro atoms. The molecule has 3 rings (SSSR count). The second-order valence-corrected chi connectivity index (χ2v) is 7.31. The third kappa shape index (κ3) is 4.47. The van der Waals surface area contributed by atoms with E-state index in [9.17, 15) is 14.9 Å². The summed E-state index contributed by atoms with van der Waals surface area (Å²) in [5.74, 6) is 0.399. The zero-order chi connectivity index (χ0) is 18.5. The second kappa shape index (κ2) is 8.42. The molecule has 0 aromatic heterocycles. The van der Waals surface area contributed by atoms with Crippen LogP contribution < -0.4 is 4.90 Å². The zero-order valence-electron chi connectivity index (χ0n) is 14.0. The lowest BCUT2D eigenvalue weighted by atomic mass is 10.2. The first kappa shape index (κ1) is 18.5. The molecule has 26 heavy (non-hydrogen) atoms. The monoisotopic (exact) mass is 391 g/mol. The van der Waals surface area contributed by atoms with Gasteiger partial charge in [-0.25, -0.2) is 0 Å². The van der Waals surface area contributed by atoms with E-state index in [1.54, 1.807) is 12.1 Å². The molecule has 1 fully saturated rings. The molecule has 0 atom stereocenters. The van der Waals surface area contributed by atoms with Gasteiger partial charge in [-0.05, 0) is 24.3 Å². The van der Waals surface area contributed by atoms with Crippen molar-refractivity contribution in [2.45, 2.75) is 4.90 Å². The molecule has 136 valence electrons. The fourth-order valence-electron chi connectivity index (χ4n) is 2.81. The Labute approximate surface area is 160 Å². The number of halogens is 1. The number of carbonyl (C=O) groups excluding carboxylic acids is 1. The Morgan fingerprint density at radius 3 is 2.35 bits per heavy atom. The molecule has 0 radical (unpaired) electrons. The topological polar surface area (TPSA) is 66.7 Å². The second-order valence-electron chi connectivity index (χ2n) is 5.86. The Morgan fingerprint density at radius 1 is 1.08 bits per heavy atom. The Morgan fingerprint density at radius 2 is 1.73 bits per heavy atom. The Hall–Kier alpha value is -2.25. The molecule has 1 heterocycles. The Balaban J connectivity index is 1.49. The molecule has 0 saturated carbocycles. The maximum absolute atomic E-state index is 12.4. The van der Waals surface area contributed by atoms with Gasteiger partial charge >= 0.3 is 0 Å². The molecule has 1 saturated heterocycles. The summed E-state index contributed by atoms with van der Waals surface area (Å²) in [5.41, 5.74) is 1.05. The van der Waals surface area contributed by atoms with E-state index < -0.39 is 4.92 Å². The van der Waals surface area contributed by atoms with Crippen LogP contribution in [0.15, 0.2) is 53.4 Å². The molecule has 8 heteroatoms. The van der Waals surface area contributed by atoms with Gasteiger partial charge in [-0.1, -0.05) is 23.7 Å². The van der Waals surface area contributed by atoms with Crippen LogP contribution in [-0.2, 0) is 4.79 Å². The summed E-state index contributed by atoms with van der Waals surface area (Å²) < 4.78 is 0. The van der Waals surface area contributed by atoms with Crippen molar-refractivity contribution >= 4 is 40.6 Å². The molecular formula is C18H18ClN3O3S. The van der Waals surface area contributed by atoms with Crippen molar-refractivity contribution in [2.24, 2.45) is 0 Å². The predicted molar refractivity (Wildman–Crippen MR) is 104 cm³/mol. The number of piperazine rings is 1. The molecule has 2 aromatic rings. The van der Waals surface area contributed by atoms with Crippen LogP contribution in [0.4, 0.5) is 11.4 Å². The number of benzene rings is 2. The van der Waals surface area contributed by atoms with Gasteiger partial charge in [0.1, 0.15) is 0 Å². The number of rotatable bonds is 5. The maximum atomic E-state index is 12.4. The fraction of sp³-hybridized carbons (Fsp3) is 0.278. The average Bonchev–Trinajstić information content (AvgIpc) is 2.67. The van der Waals surface area contributed by atoms with E-state index in [0.29, 0.717) is 18.8 Å². The minimum Gasteiger partial charge on any atom is -0.367 e. The summed E-state index contributed by atoms with van der Waals surface area (Å²) in [6, 6.07) is 14.0. The first-order valence-corrected chi connectivity index (χ1v) is 9.55. The number of nitrogens with zero attached hydrogens (tertiary/aromatic N) is 3. The number of anilines is 1. The van der Waals surface area contributed by atoms with Crippen LogP contribution in [0.5, 0.6) is 0 Å². The van der Waals surface area contributed by atoms with E-state index in [1.165, 1.54) is 23.9 Å². The molecule has 6 nitrogen and oxygen atoms in total. The van der Waals surface area contributed by atoms with Crippen LogP contribution >= 0.6 is 23.4 Å². The van der Waals surface area contributed by atoms with Gasteiger partial charge in [-0.3, -0.25) is 14.9 Å². The molecule has 2 aromatic carbocycles. The first-order chi connectivity index (χ1) is 12.5. The number of nitro groups is 1. The SMILES string of the molecule is O=C(CSc1ccc([N+](=O)[O-])cc1)N1CCN(c2ccccc2Cl)CC1. The number of nitro benzene ring substituents is 1. The van der Waals surface area contributed by atoms with Crippen molar-refractivity contribution < 1.29 is 9.72 Å². The summed E-state index contributed by atoms with van der Waals surface area (Å²) in [6.45, 7) is 2.81. The molecular weight excluding hydrogens is 374 g/mol. The van der Waals surface area contributed by atoms with Crippen molar-refractivity contribution in [3.8, 4) is 0 Å². The molecule has 1 aliphatic heterocycles. The quantitative estimate of drug-likeness (QED) is 0.441. The number of thioether (sulfide) groups is 1. The third-order valence-corrected chi connectivity index (χ3v) is 5.55. The van der Waals surface area contributed by atoms with Crippen LogP contribution in [0.3, 0.4) is 0 Å². The lowest BCUT2D eigenvalue weighted by Gasteiger charge is -2.36. The van der Waals surface area contributed by atoms with Gasteiger partial charge < -0.3 is 9.80 Å². The lowest BCUT2D eigenvalue weighted by Crippen LogP contribution is -2.49. The van der Waals surface area contributed by atoms with Crippen LogP contribution in [0.25, 0.3) is 0 Å². The summed E-state index contributed by atoms with van der Waals surface area (Å²) in [7, 11) is 0. The van der Waals surface area contributed by atoms with Gasteiger partial charge in [0.05, 0.1) is 21.4 Å². The van der Waals surface area contributed by atoms with Gasteiger partial charge in [0.15, 0.2) is 0 Å². The number of carbonyl (C=O) groups is 1.